The second-order valence-corrected chi connectivity index (χ2v) is 29.4. The number of nitrogens with zero attached hydrogens (tertiary/aromatic N) is 5. The SMILES string of the molecule is Cc1cc(-c2ccccc2C)[n+](C)c(-c2ccccc2C)c1.Cc1cc(-c2ccccc2C)[n+](C)c(-c2ccccc2C)c1.Cc1ccc(-c2cccc(-c3ccccc3C)[n+]2C)c(C)c1.Cc1ccc(C)c(-c2cccc(-c3ccccc3C)[n+]2C)c1.Cc1ccccc1-c1cccc(-c2ccccc2C)[n+]1C. The van der Waals surface area contributed by atoms with Crippen LogP contribution in [-0.4, -0.2) is 0 Å². The summed E-state index contributed by atoms with van der Waals surface area (Å²) >= 11 is 0. The monoisotopic (exact) mass is 1430 g/mol. The molecule has 10 aromatic carbocycles. The lowest BCUT2D eigenvalue weighted by molar-refractivity contribution is -0.649. The van der Waals surface area contributed by atoms with Gasteiger partial charge in [-0.2, -0.15) is 22.8 Å². The van der Waals surface area contributed by atoms with E-state index in [0.29, 0.717) is 0 Å². The zero-order valence-electron chi connectivity index (χ0n) is 67.7. The first-order valence-electron chi connectivity index (χ1n) is 38.1. The normalized spacial score (nSPS) is 10.7. The Morgan fingerprint density at radius 3 is 0.550 bits per heavy atom. The molecule has 0 fully saturated rings. The Hall–Kier alpha value is -12.1. The molecule has 0 saturated heterocycles. The molecule has 5 nitrogen and oxygen atoms in total. The van der Waals surface area contributed by atoms with Gasteiger partial charge in [-0.1, -0.05) is 181 Å². The summed E-state index contributed by atoms with van der Waals surface area (Å²) in [5.41, 5.74) is 43.7. The molecule has 15 aromatic rings. The minimum absolute atomic E-state index is 1.24. The third-order valence-electron chi connectivity index (χ3n) is 21.3. The van der Waals surface area contributed by atoms with Crippen LogP contribution in [0.2, 0.25) is 0 Å². The van der Waals surface area contributed by atoms with E-state index in [1.54, 1.807) is 0 Å². The zero-order chi connectivity index (χ0) is 77.6. The van der Waals surface area contributed by atoms with Gasteiger partial charge in [-0.15, -0.1) is 0 Å². The van der Waals surface area contributed by atoms with Crippen molar-refractivity contribution in [1.82, 2.24) is 0 Å². The van der Waals surface area contributed by atoms with Gasteiger partial charge in [0.25, 0.3) is 0 Å². The molecule has 0 radical (unpaired) electrons. The van der Waals surface area contributed by atoms with Gasteiger partial charge >= 0.3 is 0 Å². The first-order chi connectivity index (χ1) is 52.5. The van der Waals surface area contributed by atoms with Crippen molar-refractivity contribution >= 4 is 0 Å². The van der Waals surface area contributed by atoms with Crippen LogP contribution in [0.25, 0.3) is 113 Å². The molecule has 0 saturated carbocycles. The van der Waals surface area contributed by atoms with Gasteiger partial charge in [-0.3, -0.25) is 0 Å². The van der Waals surface area contributed by atoms with Crippen molar-refractivity contribution in [2.24, 2.45) is 35.2 Å². The predicted octanol–water partition coefficient (Wildman–Crippen LogP) is 23.5. The standard InChI is InChI=1S/4C21H22N.C20H20N/c2*1-15-13-20(18-11-7-5-9-16(18)2)22(4)21(14-15)19-12-8-6-10-17(19)3;1-15-12-13-19(17(3)14-15)21-11-7-10-20(22(21)4)18-9-6-5-8-16(18)2;1-15-12-13-17(3)19(14-15)21-11-7-10-20(22(21)4)18-9-6-5-8-16(18)2;1-15-9-4-6-11-17(15)19-13-8-14-20(21(19)3)18-12-7-5-10-16(18)2/h4*5-14H,1-4H3;4-14H,1-3H3/q5*+1. The molecule has 0 bridgehead atoms. The molecular formula is C104H108N5+5. The zero-order valence-corrected chi connectivity index (χ0v) is 67.7. The molecule has 0 spiro atoms. The number of benzene rings is 10. The van der Waals surface area contributed by atoms with Crippen LogP contribution in [-0.2, 0) is 35.2 Å². The Kier molecular flexibility index (Phi) is 25.5. The van der Waals surface area contributed by atoms with Crippen LogP contribution in [0.5, 0.6) is 0 Å². The average Bonchev–Trinajstić information content (AvgIpc) is 0.800. The van der Waals surface area contributed by atoms with E-state index in [9.17, 15) is 0 Å². The highest BCUT2D eigenvalue weighted by Crippen LogP contribution is 2.33. The van der Waals surface area contributed by atoms with E-state index < -0.39 is 0 Å². The molecule has 0 atom stereocenters. The molecule has 5 heterocycles. The Morgan fingerprint density at radius 2 is 0.312 bits per heavy atom. The number of rotatable bonds is 10. The van der Waals surface area contributed by atoms with Crippen molar-refractivity contribution in [2.45, 2.75) is 96.9 Å². The van der Waals surface area contributed by atoms with Crippen molar-refractivity contribution in [3.8, 4) is 113 Å². The maximum Gasteiger partial charge on any atom is 0.213 e. The Morgan fingerprint density at radius 1 is 0.128 bits per heavy atom. The summed E-state index contributed by atoms with van der Waals surface area (Å²) in [5.74, 6) is 0. The van der Waals surface area contributed by atoms with Gasteiger partial charge in [0.05, 0.1) is 0 Å². The summed E-state index contributed by atoms with van der Waals surface area (Å²) in [6.45, 7) is 30.3. The van der Waals surface area contributed by atoms with Gasteiger partial charge in [-0.25, -0.2) is 0 Å². The fourth-order valence-electron chi connectivity index (χ4n) is 15.0. The Bertz CT molecular complexity index is 5410. The van der Waals surface area contributed by atoms with Crippen molar-refractivity contribution in [3.63, 3.8) is 0 Å². The van der Waals surface area contributed by atoms with Crippen molar-refractivity contribution in [2.75, 3.05) is 0 Å². The van der Waals surface area contributed by atoms with Crippen LogP contribution < -0.4 is 22.8 Å². The van der Waals surface area contributed by atoms with E-state index in [-0.39, 0.29) is 0 Å². The smallest absolute Gasteiger partial charge is 0.194 e. The van der Waals surface area contributed by atoms with Gasteiger partial charge < -0.3 is 0 Å². The van der Waals surface area contributed by atoms with E-state index in [1.807, 2.05) is 0 Å². The van der Waals surface area contributed by atoms with Crippen molar-refractivity contribution < 1.29 is 22.8 Å². The number of hydrogen-bond donors (Lipinski definition) is 0. The molecular weight excluding hydrogens is 1320 g/mol. The van der Waals surface area contributed by atoms with Crippen LogP contribution in [0, 0.1) is 96.9 Å². The number of aryl methyl sites for hydroxylation is 14. The predicted molar refractivity (Wildman–Crippen MR) is 459 cm³/mol. The lowest BCUT2D eigenvalue weighted by Crippen LogP contribution is -2.34. The van der Waals surface area contributed by atoms with Crippen LogP contribution in [0.3, 0.4) is 0 Å². The minimum Gasteiger partial charge on any atom is -0.194 e. The summed E-state index contributed by atoms with van der Waals surface area (Å²) in [7, 11) is 10.8. The summed E-state index contributed by atoms with van der Waals surface area (Å²) in [4.78, 5) is 0. The highest BCUT2D eigenvalue weighted by Gasteiger charge is 2.25. The van der Waals surface area contributed by atoms with Crippen molar-refractivity contribution in [3.05, 3.63) is 387 Å². The fourth-order valence-corrected chi connectivity index (χ4v) is 15.0. The maximum absolute atomic E-state index is 2.30. The number of hydrogen-bond acceptors (Lipinski definition) is 0. The maximum atomic E-state index is 2.30. The molecule has 109 heavy (non-hydrogen) atoms. The first kappa shape index (κ1) is 78.0. The molecule has 0 amide bonds. The van der Waals surface area contributed by atoms with E-state index in [1.165, 1.54) is 190 Å². The van der Waals surface area contributed by atoms with Gasteiger partial charge in [-0.05, 0) is 243 Å². The van der Waals surface area contributed by atoms with Crippen LogP contribution in [0.1, 0.15) is 77.9 Å². The van der Waals surface area contributed by atoms with Gasteiger partial charge in [0.2, 0.25) is 56.9 Å². The molecule has 15 rings (SSSR count). The highest BCUT2D eigenvalue weighted by molar-refractivity contribution is 5.72. The molecule has 0 aliphatic carbocycles. The Balaban J connectivity index is 0.000000135. The number of aromatic nitrogens is 5. The van der Waals surface area contributed by atoms with Crippen LogP contribution in [0.4, 0.5) is 0 Å². The second kappa shape index (κ2) is 35.6. The highest BCUT2D eigenvalue weighted by atomic mass is 15.0. The second-order valence-electron chi connectivity index (χ2n) is 29.4. The van der Waals surface area contributed by atoms with Gasteiger partial charge in [0.15, 0.2) is 0 Å². The molecule has 544 valence electrons. The quantitative estimate of drug-likeness (QED) is 0.122. The molecule has 0 unspecified atom stereocenters. The third-order valence-corrected chi connectivity index (χ3v) is 21.3. The lowest BCUT2D eigenvalue weighted by Gasteiger charge is -2.10. The molecule has 0 aliphatic rings. The van der Waals surface area contributed by atoms with Crippen LogP contribution >= 0.6 is 0 Å². The molecule has 0 aliphatic heterocycles. The number of pyridine rings is 5. The summed E-state index contributed by atoms with van der Waals surface area (Å²) in [6.07, 6.45) is 0. The largest absolute Gasteiger partial charge is 0.213 e. The first-order valence-corrected chi connectivity index (χ1v) is 38.1. The fraction of sp³-hybridized carbons (Fsp3) is 0.183. The van der Waals surface area contributed by atoms with Gasteiger partial charge in [0, 0.05) is 116 Å². The van der Waals surface area contributed by atoms with E-state index in [0.717, 1.165) is 0 Å². The van der Waals surface area contributed by atoms with E-state index in [4.69, 9.17) is 0 Å². The third kappa shape index (κ3) is 18.2. The Labute approximate surface area is 650 Å². The molecule has 5 aromatic heterocycles. The summed E-state index contributed by atoms with van der Waals surface area (Å²) < 4.78 is 11.5. The topological polar surface area (TPSA) is 19.4 Å². The minimum atomic E-state index is 1.24. The summed E-state index contributed by atoms with van der Waals surface area (Å²) in [6, 6.07) is 110. The lowest BCUT2D eigenvalue weighted by atomic mass is 9.99. The van der Waals surface area contributed by atoms with E-state index >= 15 is 0 Å². The molecule has 0 N–H and O–H groups in total. The van der Waals surface area contributed by atoms with Crippen LogP contribution in [0.15, 0.2) is 309 Å². The summed E-state index contributed by atoms with van der Waals surface area (Å²) in [5, 5.41) is 0. The van der Waals surface area contributed by atoms with Gasteiger partial charge in [0.1, 0.15) is 35.2 Å². The average molecular weight is 1430 g/mol. The van der Waals surface area contributed by atoms with E-state index in [2.05, 4.69) is 464 Å². The molecule has 5 heteroatoms. The van der Waals surface area contributed by atoms with Crippen molar-refractivity contribution in [1.29, 1.82) is 0 Å².